The van der Waals surface area contributed by atoms with Crippen LogP contribution in [0.2, 0.25) is 5.02 Å². The number of carbonyl (C=O) groups excluding carboxylic acids is 2. The molecule has 0 aliphatic heterocycles. The van der Waals surface area contributed by atoms with Crippen LogP contribution >= 0.6 is 22.9 Å². The van der Waals surface area contributed by atoms with Crippen LogP contribution in [0.1, 0.15) is 31.2 Å². The van der Waals surface area contributed by atoms with E-state index in [4.69, 9.17) is 11.6 Å². The molecule has 1 heterocycles. The molecule has 1 aromatic heterocycles. The average Bonchev–Trinajstić information content (AvgIpc) is 3.11. The maximum Gasteiger partial charge on any atom is 0.256 e. The number of rotatable bonds is 4. The predicted molar refractivity (Wildman–Crippen MR) is 98.3 cm³/mol. The van der Waals surface area contributed by atoms with Gasteiger partial charge in [0.15, 0.2) is 0 Å². The number of anilines is 1. The summed E-state index contributed by atoms with van der Waals surface area (Å²) in [6, 6.07) is 15.7. The minimum atomic E-state index is -0.360. The molecule has 0 aliphatic rings. The first-order valence-corrected chi connectivity index (χ1v) is 8.57. The Labute approximate surface area is 148 Å². The molecule has 24 heavy (non-hydrogen) atoms. The Bertz CT molecular complexity index is 903. The van der Waals surface area contributed by atoms with E-state index in [0.29, 0.717) is 26.7 Å². The molecule has 3 nitrogen and oxygen atoms in total. The van der Waals surface area contributed by atoms with Crippen molar-refractivity contribution in [3.63, 3.8) is 0 Å². The number of hydrogen-bond donors (Lipinski definition) is 1. The van der Waals surface area contributed by atoms with E-state index in [0.717, 1.165) is 5.56 Å². The van der Waals surface area contributed by atoms with Gasteiger partial charge in [-0.2, -0.15) is 0 Å². The second kappa shape index (κ2) is 6.99. The normalized spacial score (nSPS) is 10.4. The van der Waals surface area contributed by atoms with E-state index in [1.54, 1.807) is 42.5 Å². The van der Waals surface area contributed by atoms with Gasteiger partial charge in [-0.05, 0) is 42.1 Å². The Morgan fingerprint density at radius 1 is 1.00 bits per heavy atom. The summed E-state index contributed by atoms with van der Waals surface area (Å²) < 4.78 is 0. The van der Waals surface area contributed by atoms with Crippen molar-refractivity contribution in [3.8, 4) is 0 Å². The lowest BCUT2D eigenvalue weighted by Gasteiger charge is -2.10. The SMILES string of the molecule is Cc1ccc(NC(=O)c2ccccc2C(=O)c2cccs2)c(Cl)c1. The van der Waals surface area contributed by atoms with Crippen molar-refractivity contribution in [1.82, 2.24) is 0 Å². The number of nitrogens with one attached hydrogen (secondary N) is 1. The molecule has 0 bridgehead atoms. The summed E-state index contributed by atoms with van der Waals surface area (Å²) >= 11 is 7.52. The second-order valence-electron chi connectivity index (χ2n) is 5.29. The van der Waals surface area contributed by atoms with Gasteiger partial charge in [-0.1, -0.05) is 41.9 Å². The molecule has 0 saturated heterocycles. The van der Waals surface area contributed by atoms with Crippen molar-refractivity contribution in [2.45, 2.75) is 6.92 Å². The number of amides is 1. The fourth-order valence-electron chi connectivity index (χ4n) is 2.33. The monoisotopic (exact) mass is 355 g/mol. The zero-order chi connectivity index (χ0) is 17.1. The van der Waals surface area contributed by atoms with E-state index in [-0.39, 0.29) is 11.7 Å². The second-order valence-corrected chi connectivity index (χ2v) is 6.64. The van der Waals surface area contributed by atoms with Crippen LogP contribution in [0.5, 0.6) is 0 Å². The van der Waals surface area contributed by atoms with Crippen LogP contribution in [-0.2, 0) is 0 Å². The Morgan fingerprint density at radius 3 is 2.42 bits per heavy atom. The van der Waals surface area contributed by atoms with Crippen molar-refractivity contribution in [1.29, 1.82) is 0 Å². The molecule has 0 aliphatic carbocycles. The highest BCUT2D eigenvalue weighted by molar-refractivity contribution is 7.12. The predicted octanol–water partition coefficient (Wildman–Crippen LogP) is 5.19. The molecule has 3 aromatic rings. The van der Waals surface area contributed by atoms with Gasteiger partial charge in [0.25, 0.3) is 5.91 Å². The molecular formula is C19H14ClNO2S. The molecule has 1 N–H and O–H groups in total. The van der Waals surface area contributed by atoms with E-state index in [2.05, 4.69) is 5.32 Å². The van der Waals surface area contributed by atoms with E-state index in [1.165, 1.54) is 11.3 Å². The first-order chi connectivity index (χ1) is 11.6. The van der Waals surface area contributed by atoms with Gasteiger partial charge >= 0.3 is 0 Å². The van der Waals surface area contributed by atoms with Crippen LogP contribution in [0.3, 0.4) is 0 Å². The number of hydrogen-bond acceptors (Lipinski definition) is 3. The number of benzene rings is 2. The average molecular weight is 356 g/mol. The van der Waals surface area contributed by atoms with E-state index < -0.39 is 0 Å². The van der Waals surface area contributed by atoms with Gasteiger partial charge in [-0.25, -0.2) is 0 Å². The highest BCUT2D eigenvalue weighted by Gasteiger charge is 2.19. The van der Waals surface area contributed by atoms with E-state index >= 15 is 0 Å². The number of halogens is 1. The number of aryl methyl sites for hydroxylation is 1. The molecule has 0 atom stereocenters. The van der Waals surface area contributed by atoms with Crippen molar-refractivity contribution < 1.29 is 9.59 Å². The van der Waals surface area contributed by atoms with Crippen LogP contribution in [0.25, 0.3) is 0 Å². The zero-order valence-corrected chi connectivity index (χ0v) is 14.4. The summed E-state index contributed by atoms with van der Waals surface area (Å²) in [5.74, 6) is -0.521. The fraction of sp³-hybridized carbons (Fsp3) is 0.0526. The largest absolute Gasteiger partial charge is 0.321 e. The first kappa shape index (κ1) is 16.4. The van der Waals surface area contributed by atoms with Gasteiger partial charge in [-0.3, -0.25) is 9.59 Å². The maximum absolute atomic E-state index is 12.6. The van der Waals surface area contributed by atoms with Crippen LogP contribution in [0, 0.1) is 6.92 Å². The lowest BCUT2D eigenvalue weighted by atomic mass is 10.0. The van der Waals surface area contributed by atoms with Gasteiger partial charge in [0.05, 0.1) is 21.2 Å². The molecule has 0 fully saturated rings. The summed E-state index contributed by atoms with van der Waals surface area (Å²) in [5, 5.41) is 5.07. The van der Waals surface area contributed by atoms with Crippen LogP contribution < -0.4 is 5.32 Å². The summed E-state index contributed by atoms with van der Waals surface area (Å²) in [6.07, 6.45) is 0. The summed E-state index contributed by atoms with van der Waals surface area (Å²) in [5.41, 5.74) is 2.23. The molecule has 0 radical (unpaired) electrons. The third-order valence-corrected chi connectivity index (χ3v) is 4.72. The molecule has 120 valence electrons. The van der Waals surface area contributed by atoms with Crippen LogP contribution in [0.15, 0.2) is 60.0 Å². The van der Waals surface area contributed by atoms with Crippen LogP contribution in [-0.4, -0.2) is 11.7 Å². The maximum atomic E-state index is 12.6. The molecule has 0 saturated carbocycles. The summed E-state index contributed by atoms with van der Waals surface area (Å²) in [6.45, 7) is 1.92. The summed E-state index contributed by atoms with van der Waals surface area (Å²) in [4.78, 5) is 25.8. The van der Waals surface area contributed by atoms with Gasteiger partial charge < -0.3 is 5.32 Å². The van der Waals surface area contributed by atoms with Gasteiger partial charge in [0.2, 0.25) is 5.78 Å². The van der Waals surface area contributed by atoms with Crippen molar-refractivity contribution in [2.24, 2.45) is 0 Å². The zero-order valence-electron chi connectivity index (χ0n) is 12.9. The molecular weight excluding hydrogens is 342 g/mol. The molecule has 0 spiro atoms. The van der Waals surface area contributed by atoms with Gasteiger partial charge in [0, 0.05) is 5.56 Å². The van der Waals surface area contributed by atoms with Crippen molar-refractivity contribution in [3.05, 3.63) is 86.6 Å². The third kappa shape index (κ3) is 3.40. The number of thiophene rings is 1. The molecule has 3 rings (SSSR count). The molecule has 0 unspecified atom stereocenters. The number of ketones is 1. The molecule has 5 heteroatoms. The third-order valence-electron chi connectivity index (χ3n) is 3.53. The first-order valence-electron chi connectivity index (χ1n) is 7.31. The van der Waals surface area contributed by atoms with Crippen LogP contribution in [0.4, 0.5) is 5.69 Å². The van der Waals surface area contributed by atoms with Gasteiger partial charge in [-0.15, -0.1) is 11.3 Å². The Morgan fingerprint density at radius 2 is 1.75 bits per heavy atom. The van der Waals surface area contributed by atoms with Gasteiger partial charge in [0.1, 0.15) is 0 Å². The highest BCUT2D eigenvalue weighted by atomic mass is 35.5. The van der Waals surface area contributed by atoms with E-state index in [9.17, 15) is 9.59 Å². The highest BCUT2D eigenvalue weighted by Crippen LogP contribution is 2.24. The Hall–Kier alpha value is -2.43. The Kier molecular flexibility index (Phi) is 4.79. The molecule has 2 aromatic carbocycles. The van der Waals surface area contributed by atoms with Crippen molar-refractivity contribution >= 4 is 40.3 Å². The van der Waals surface area contributed by atoms with E-state index in [1.807, 2.05) is 24.4 Å². The standard InChI is InChI=1S/C19H14ClNO2S/c1-12-8-9-16(15(20)11-12)21-19(23)14-6-3-2-5-13(14)18(22)17-7-4-10-24-17/h2-11H,1H3,(H,21,23). The minimum absolute atomic E-state index is 0.161. The van der Waals surface area contributed by atoms with Crippen molar-refractivity contribution in [2.75, 3.05) is 5.32 Å². The minimum Gasteiger partial charge on any atom is -0.321 e. The topological polar surface area (TPSA) is 46.2 Å². The lowest BCUT2D eigenvalue weighted by molar-refractivity contribution is 0.0998. The number of carbonyl (C=O) groups is 2. The molecule has 1 amide bonds. The quantitative estimate of drug-likeness (QED) is 0.654. The smallest absolute Gasteiger partial charge is 0.256 e. The summed E-state index contributed by atoms with van der Waals surface area (Å²) in [7, 11) is 0. The Balaban J connectivity index is 1.92. The fourth-order valence-corrected chi connectivity index (χ4v) is 3.29. The lowest BCUT2D eigenvalue weighted by Crippen LogP contribution is -2.16.